The second kappa shape index (κ2) is 5.61. The molecule has 17 heavy (non-hydrogen) atoms. The number of benzene rings is 1. The van der Waals surface area contributed by atoms with Crippen LogP contribution < -0.4 is 4.74 Å². The van der Waals surface area contributed by atoms with Crippen LogP contribution in [-0.4, -0.2) is 20.2 Å². The molecular formula is C12H14Cl2O3. The molecular weight excluding hydrogens is 263 g/mol. The van der Waals surface area contributed by atoms with Gasteiger partial charge in [-0.2, -0.15) is 0 Å². The predicted molar refractivity (Wildman–Crippen MR) is 68.1 cm³/mol. The topological polar surface area (TPSA) is 35.5 Å². The second-order valence-corrected chi connectivity index (χ2v) is 4.45. The van der Waals surface area contributed by atoms with Crippen LogP contribution in [0.3, 0.4) is 0 Å². The highest BCUT2D eigenvalue weighted by Gasteiger charge is 2.26. The lowest BCUT2D eigenvalue weighted by molar-refractivity contribution is -0.140. The van der Waals surface area contributed by atoms with Gasteiger partial charge in [-0.3, -0.25) is 4.79 Å². The summed E-state index contributed by atoms with van der Waals surface area (Å²) < 4.78 is 9.85. The molecule has 3 nitrogen and oxygen atoms in total. The molecule has 0 heterocycles. The summed E-state index contributed by atoms with van der Waals surface area (Å²) in [6.45, 7) is 3.66. The van der Waals surface area contributed by atoms with E-state index in [1.165, 1.54) is 14.2 Å². The third kappa shape index (κ3) is 2.67. The average molecular weight is 277 g/mol. The van der Waals surface area contributed by atoms with Crippen molar-refractivity contribution in [1.82, 2.24) is 0 Å². The molecule has 1 unspecified atom stereocenters. The van der Waals surface area contributed by atoms with Gasteiger partial charge in [-0.25, -0.2) is 0 Å². The summed E-state index contributed by atoms with van der Waals surface area (Å²) in [6, 6.07) is 1.75. The fourth-order valence-electron chi connectivity index (χ4n) is 1.64. The molecule has 0 spiro atoms. The molecule has 0 saturated heterocycles. The highest BCUT2D eigenvalue weighted by molar-refractivity contribution is 6.33. The van der Waals surface area contributed by atoms with Gasteiger partial charge in [-0.05, 0) is 31.0 Å². The maximum Gasteiger partial charge on any atom is 0.328 e. The van der Waals surface area contributed by atoms with Gasteiger partial charge in [0, 0.05) is 10.6 Å². The molecule has 94 valence electrons. The SMILES string of the molecule is COC(=O)C(Cl)c1c(OC)cc(C)c(Cl)c1C. The number of ether oxygens (including phenoxy) is 2. The minimum absolute atomic E-state index is 0.534. The van der Waals surface area contributed by atoms with Crippen LogP contribution in [0.5, 0.6) is 5.75 Å². The quantitative estimate of drug-likeness (QED) is 0.627. The number of hydrogen-bond donors (Lipinski definition) is 0. The van der Waals surface area contributed by atoms with Crippen LogP contribution in [-0.2, 0) is 9.53 Å². The molecule has 0 saturated carbocycles. The second-order valence-electron chi connectivity index (χ2n) is 3.63. The van der Waals surface area contributed by atoms with E-state index >= 15 is 0 Å². The van der Waals surface area contributed by atoms with Crippen molar-refractivity contribution < 1.29 is 14.3 Å². The molecule has 0 radical (unpaired) electrons. The molecule has 1 aromatic rings. The average Bonchev–Trinajstić information content (AvgIpc) is 2.33. The number of aryl methyl sites for hydroxylation is 1. The Kier molecular flexibility index (Phi) is 4.66. The maximum absolute atomic E-state index is 11.5. The van der Waals surface area contributed by atoms with Gasteiger partial charge in [0.05, 0.1) is 14.2 Å². The van der Waals surface area contributed by atoms with Crippen molar-refractivity contribution in [1.29, 1.82) is 0 Å². The molecule has 5 heteroatoms. The molecule has 0 aliphatic rings. The number of methoxy groups -OCH3 is 2. The lowest BCUT2D eigenvalue weighted by Gasteiger charge is -2.17. The van der Waals surface area contributed by atoms with Crippen LogP contribution in [0.2, 0.25) is 5.02 Å². The van der Waals surface area contributed by atoms with Gasteiger partial charge in [-0.1, -0.05) is 11.6 Å². The minimum atomic E-state index is -0.923. The Morgan fingerprint density at radius 3 is 2.41 bits per heavy atom. The summed E-state index contributed by atoms with van der Waals surface area (Å²) in [6.07, 6.45) is 0. The number of esters is 1. The largest absolute Gasteiger partial charge is 0.496 e. The van der Waals surface area contributed by atoms with Crippen LogP contribution in [0.4, 0.5) is 0 Å². The van der Waals surface area contributed by atoms with E-state index in [2.05, 4.69) is 4.74 Å². The third-order valence-corrected chi connectivity index (χ3v) is 3.55. The summed E-state index contributed by atoms with van der Waals surface area (Å²) in [4.78, 5) is 11.5. The van der Waals surface area contributed by atoms with Crippen molar-refractivity contribution in [3.63, 3.8) is 0 Å². The van der Waals surface area contributed by atoms with E-state index in [0.717, 1.165) is 11.1 Å². The van der Waals surface area contributed by atoms with E-state index in [-0.39, 0.29) is 0 Å². The van der Waals surface area contributed by atoms with Crippen LogP contribution in [0.1, 0.15) is 22.1 Å². The van der Waals surface area contributed by atoms with Crippen molar-refractivity contribution in [2.24, 2.45) is 0 Å². The Morgan fingerprint density at radius 1 is 1.35 bits per heavy atom. The fraction of sp³-hybridized carbons (Fsp3) is 0.417. The summed E-state index contributed by atoms with van der Waals surface area (Å²) in [5, 5.41) is -0.344. The summed E-state index contributed by atoms with van der Waals surface area (Å²) in [5.41, 5.74) is 2.16. The first-order chi connectivity index (χ1) is 7.93. The minimum Gasteiger partial charge on any atom is -0.496 e. The molecule has 0 aliphatic carbocycles. The van der Waals surface area contributed by atoms with Crippen molar-refractivity contribution in [2.45, 2.75) is 19.2 Å². The Bertz CT molecular complexity index is 444. The Balaban J connectivity index is 3.40. The van der Waals surface area contributed by atoms with Crippen LogP contribution in [0, 0.1) is 13.8 Å². The monoisotopic (exact) mass is 276 g/mol. The molecule has 0 bridgehead atoms. The molecule has 0 aliphatic heterocycles. The van der Waals surface area contributed by atoms with Gasteiger partial charge in [-0.15, -0.1) is 11.6 Å². The Morgan fingerprint density at radius 2 is 1.94 bits per heavy atom. The van der Waals surface area contributed by atoms with E-state index in [1.54, 1.807) is 13.0 Å². The van der Waals surface area contributed by atoms with E-state index in [9.17, 15) is 4.79 Å². The lowest BCUT2D eigenvalue weighted by Crippen LogP contribution is -2.12. The predicted octanol–water partition coefficient (Wildman–Crippen LogP) is 3.42. The van der Waals surface area contributed by atoms with Crippen LogP contribution >= 0.6 is 23.2 Å². The number of hydrogen-bond acceptors (Lipinski definition) is 3. The molecule has 0 amide bonds. The molecule has 0 aromatic heterocycles. The number of rotatable bonds is 3. The zero-order valence-corrected chi connectivity index (χ0v) is 11.6. The third-order valence-electron chi connectivity index (χ3n) is 2.57. The van der Waals surface area contributed by atoms with Gasteiger partial charge in [0.15, 0.2) is 5.38 Å². The van der Waals surface area contributed by atoms with Gasteiger partial charge in [0.1, 0.15) is 5.75 Å². The summed E-state index contributed by atoms with van der Waals surface area (Å²) in [5.74, 6) is 0.00258. The van der Waals surface area contributed by atoms with Crippen LogP contribution in [0.15, 0.2) is 6.07 Å². The molecule has 0 fully saturated rings. The highest BCUT2D eigenvalue weighted by atomic mass is 35.5. The van der Waals surface area contributed by atoms with Crippen molar-refractivity contribution in [3.05, 3.63) is 27.8 Å². The highest BCUT2D eigenvalue weighted by Crippen LogP contribution is 2.38. The van der Waals surface area contributed by atoms with Gasteiger partial charge < -0.3 is 9.47 Å². The fourth-order valence-corrected chi connectivity index (χ4v) is 2.16. The van der Waals surface area contributed by atoms with Crippen LogP contribution in [0.25, 0.3) is 0 Å². The van der Waals surface area contributed by atoms with E-state index in [0.29, 0.717) is 16.3 Å². The lowest BCUT2D eigenvalue weighted by atomic mass is 10.0. The first-order valence-electron chi connectivity index (χ1n) is 4.99. The first kappa shape index (κ1) is 14.1. The van der Waals surface area contributed by atoms with E-state index in [4.69, 9.17) is 27.9 Å². The van der Waals surface area contributed by atoms with Gasteiger partial charge >= 0.3 is 5.97 Å². The first-order valence-corrected chi connectivity index (χ1v) is 5.81. The Hall–Kier alpha value is -0.930. The zero-order valence-electron chi connectivity index (χ0n) is 10.1. The van der Waals surface area contributed by atoms with E-state index in [1.807, 2.05) is 6.92 Å². The van der Waals surface area contributed by atoms with E-state index < -0.39 is 11.3 Å². The summed E-state index contributed by atoms with van der Waals surface area (Å²) >= 11 is 12.2. The maximum atomic E-state index is 11.5. The standard InChI is InChI=1S/C12H14Cl2O3/c1-6-5-8(16-3)9(7(2)10(6)13)11(14)12(15)17-4/h5,11H,1-4H3. The van der Waals surface area contributed by atoms with Crippen molar-refractivity contribution in [3.8, 4) is 5.75 Å². The van der Waals surface area contributed by atoms with Gasteiger partial charge in [0.25, 0.3) is 0 Å². The smallest absolute Gasteiger partial charge is 0.328 e. The van der Waals surface area contributed by atoms with Gasteiger partial charge in [0.2, 0.25) is 0 Å². The van der Waals surface area contributed by atoms with Crippen molar-refractivity contribution >= 4 is 29.2 Å². The number of halogens is 2. The molecule has 1 rings (SSSR count). The van der Waals surface area contributed by atoms with Crippen molar-refractivity contribution in [2.75, 3.05) is 14.2 Å². The zero-order chi connectivity index (χ0) is 13.2. The summed E-state index contributed by atoms with van der Waals surface area (Å²) in [7, 11) is 2.81. The number of carbonyl (C=O) groups excluding carboxylic acids is 1. The molecule has 1 atom stereocenters. The Labute approximate surface area is 111 Å². The normalized spacial score (nSPS) is 12.1. The number of carbonyl (C=O) groups is 1. The number of alkyl halides is 1. The molecule has 0 N–H and O–H groups in total. The molecule has 1 aromatic carbocycles.